The van der Waals surface area contributed by atoms with Crippen molar-refractivity contribution >= 4 is 15.9 Å². The molecule has 9 heteroatoms. The normalized spacial score (nSPS) is 18.1. The van der Waals surface area contributed by atoms with Crippen molar-refractivity contribution in [3.05, 3.63) is 42.1 Å². The monoisotopic (exact) mass is 391 g/mol. The summed E-state index contributed by atoms with van der Waals surface area (Å²) in [5.74, 6) is 0.0573. The number of nitrogens with zero attached hydrogens (tertiary/aromatic N) is 4. The van der Waals surface area contributed by atoms with Crippen molar-refractivity contribution in [1.29, 1.82) is 0 Å². The largest absolute Gasteiger partial charge is 0.352 e. The lowest BCUT2D eigenvalue weighted by Crippen LogP contribution is -2.30. The van der Waals surface area contributed by atoms with Gasteiger partial charge in [-0.15, -0.1) is 0 Å². The van der Waals surface area contributed by atoms with Crippen molar-refractivity contribution in [3.63, 3.8) is 0 Å². The molecule has 1 saturated heterocycles. The average Bonchev–Trinajstić information content (AvgIpc) is 3.29. The summed E-state index contributed by atoms with van der Waals surface area (Å²) in [4.78, 5) is 20.9. The van der Waals surface area contributed by atoms with Crippen molar-refractivity contribution in [2.75, 3.05) is 19.6 Å². The van der Waals surface area contributed by atoms with Gasteiger partial charge in [-0.3, -0.25) is 9.78 Å². The van der Waals surface area contributed by atoms with E-state index in [0.717, 1.165) is 0 Å². The number of pyridine rings is 1. The molecule has 0 aliphatic carbocycles. The van der Waals surface area contributed by atoms with Crippen molar-refractivity contribution in [3.8, 4) is 0 Å². The summed E-state index contributed by atoms with van der Waals surface area (Å²) in [7, 11) is -1.91. The Labute approximate surface area is 159 Å². The predicted octanol–water partition coefficient (Wildman–Crippen LogP) is 1.38. The number of carbonyl (C=O) groups excluding carboxylic acids is 1. The molecule has 0 radical (unpaired) electrons. The number of sulfonamides is 1. The number of hydrogen-bond acceptors (Lipinski definition) is 5. The highest BCUT2D eigenvalue weighted by atomic mass is 32.2. The highest BCUT2D eigenvalue weighted by molar-refractivity contribution is 7.89. The molecule has 27 heavy (non-hydrogen) atoms. The summed E-state index contributed by atoms with van der Waals surface area (Å²) in [5, 5.41) is 2.95. The van der Waals surface area contributed by atoms with Gasteiger partial charge in [0, 0.05) is 45.0 Å². The van der Waals surface area contributed by atoms with E-state index in [9.17, 15) is 13.2 Å². The number of rotatable bonds is 6. The molecule has 0 aromatic carbocycles. The molecular formula is C18H25N5O3S. The SMILES string of the molecule is CC(C)CNC(=O)c1cccnc1[C@H]1CCN(S(=O)(=O)c2cn(C)cn2)C1. The van der Waals surface area contributed by atoms with Crippen LogP contribution < -0.4 is 5.32 Å². The quantitative estimate of drug-likeness (QED) is 0.802. The van der Waals surface area contributed by atoms with Gasteiger partial charge in [-0.05, 0) is 24.5 Å². The smallest absolute Gasteiger partial charge is 0.262 e. The molecule has 2 aromatic heterocycles. The molecule has 1 amide bonds. The predicted molar refractivity (Wildman–Crippen MR) is 101 cm³/mol. The first-order valence-corrected chi connectivity index (χ1v) is 10.4. The summed E-state index contributed by atoms with van der Waals surface area (Å²) >= 11 is 0. The van der Waals surface area contributed by atoms with Crippen molar-refractivity contribution in [2.45, 2.75) is 31.2 Å². The molecule has 0 spiro atoms. The molecule has 3 rings (SSSR count). The lowest BCUT2D eigenvalue weighted by molar-refractivity contribution is 0.0947. The van der Waals surface area contributed by atoms with Crippen molar-refractivity contribution in [1.82, 2.24) is 24.2 Å². The van der Waals surface area contributed by atoms with E-state index >= 15 is 0 Å². The highest BCUT2D eigenvalue weighted by Gasteiger charge is 2.36. The Morgan fingerprint density at radius 3 is 2.81 bits per heavy atom. The van der Waals surface area contributed by atoms with Gasteiger partial charge >= 0.3 is 0 Å². The van der Waals surface area contributed by atoms with E-state index in [1.807, 2.05) is 13.8 Å². The van der Waals surface area contributed by atoms with E-state index in [1.54, 1.807) is 29.9 Å². The van der Waals surface area contributed by atoms with E-state index in [0.29, 0.717) is 43.2 Å². The summed E-state index contributed by atoms with van der Waals surface area (Å²) in [6, 6.07) is 3.47. The molecular weight excluding hydrogens is 366 g/mol. The van der Waals surface area contributed by atoms with Crippen LogP contribution in [-0.4, -0.2) is 52.8 Å². The van der Waals surface area contributed by atoms with Crippen LogP contribution in [0.1, 0.15) is 42.2 Å². The molecule has 1 aliphatic heterocycles. The highest BCUT2D eigenvalue weighted by Crippen LogP contribution is 2.31. The third kappa shape index (κ3) is 4.19. The Morgan fingerprint density at radius 1 is 1.37 bits per heavy atom. The Hall–Kier alpha value is -2.26. The van der Waals surface area contributed by atoms with Crippen LogP contribution in [0.15, 0.2) is 35.9 Å². The number of carbonyl (C=O) groups is 1. The summed E-state index contributed by atoms with van der Waals surface area (Å²) in [5.41, 5.74) is 1.16. The maximum Gasteiger partial charge on any atom is 0.262 e. The molecule has 0 unspecified atom stereocenters. The van der Waals surface area contributed by atoms with Gasteiger partial charge in [0.05, 0.1) is 17.6 Å². The van der Waals surface area contributed by atoms with Gasteiger partial charge in [-0.2, -0.15) is 4.31 Å². The number of imidazole rings is 1. The maximum atomic E-state index is 12.8. The number of amides is 1. The lowest BCUT2D eigenvalue weighted by Gasteiger charge is -2.17. The first kappa shape index (κ1) is 19.5. The van der Waals surface area contributed by atoms with Crippen LogP contribution in [0.3, 0.4) is 0 Å². The molecule has 3 heterocycles. The third-order valence-corrected chi connectivity index (χ3v) is 6.33. The van der Waals surface area contributed by atoms with Crippen LogP contribution >= 0.6 is 0 Å². The number of aryl methyl sites for hydroxylation is 1. The van der Waals surface area contributed by atoms with Gasteiger partial charge < -0.3 is 9.88 Å². The molecule has 1 N–H and O–H groups in total. The molecule has 1 fully saturated rings. The Balaban J connectivity index is 1.78. The summed E-state index contributed by atoms with van der Waals surface area (Å²) < 4.78 is 28.6. The second-order valence-electron chi connectivity index (χ2n) is 7.27. The molecule has 2 aromatic rings. The van der Waals surface area contributed by atoms with Crippen LogP contribution in [-0.2, 0) is 17.1 Å². The number of hydrogen-bond donors (Lipinski definition) is 1. The van der Waals surface area contributed by atoms with E-state index in [2.05, 4.69) is 15.3 Å². The van der Waals surface area contributed by atoms with Gasteiger partial charge in [-0.1, -0.05) is 13.8 Å². The van der Waals surface area contributed by atoms with Gasteiger partial charge in [0.1, 0.15) is 0 Å². The Kier molecular flexibility index (Phi) is 5.61. The molecule has 146 valence electrons. The van der Waals surface area contributed by atoms with Gasteiger partial charge in [0.2, 0.25) is 0 Å². The summed E-state index contributed by atoms with van der Waals surface area (Å²) in [6.45, 7) is 5.31. The number of nitrogens with one attached hydrogen (secondary N) is 1. The third-order valence-electron chi connectivity index (χ3n) is 4.58. The maximum absolute atomic E-state index is 12.8. The lowest BCUT2D eigenvalue weighted by atomic mass is 9.98. The average molecular weight is 391 g/mol. The standard InChI is InChI=1S/C18H25N5O3S/c1-13(2)9-20-18(24)15-5-4-7-19-17(15)14-6-8-23(10-14)27(25,26)16-11-22(3)12-21-16/h4-5,7,11-14H,6,8-10H2,1-3H3,(H,20,24)/t14-/m0/s1. The van der Waals surface area contributed by atoms with E-state index in [4.69, 9.17) is 0 Å². The molecule has 1 aliphatic rings. The first-order valence-electron chi connectivity index (χ1n) is 9.00. The fourth-order valence-electron chi connectivity index (χ4n) is 3.15. The zero-order valence-corrected chi connectivity index (χ0v) is 16.6. The zero-order chi connectivity index (χ0) is 19.6. The van der Waals surface area contributed by atoms with Gasteiger partial charge in [0.15, 0.2) is 5.03 Å². The molecule has 0 saturated carbocycles. The van der Waals surface area contributed by atoms with E-state index in [-0.39, 0.29) is 16.9 Å². The first-order chi connectivity index (χ1) is 12.8. The second kappa shape index (κ2) is 7.77. The minimum Gasteiger partial charge on any atom is -0.352 e. The fraction of sp³-hybridized carbons (Fsp3) is 0.500. The molecule has 0 bridgehead atoms. The van der Waals surface area contributed by atoms with Crippen molar-refractivity contribution in [2.24, 2.45) is 13.0 Å². The van der Waals surface area contributed by atoms with Crippen LogP contribution in [0.2, 0.25) is 0 Å². The molecule has 1 atom stereocenters. The molecule has 8 nitrogen and oxygen atoms in total. The minimum atomic E-state index is -3.64. The zero-order valence-electron chi connectivity index (χ0n) is 15.8. The fourth-order valence-corrected chi connectivity index (χ4v) is 4.62. The minimum absolute atomic E-state index is 0.0431. The van der Waals surface area contributed by atoms with Crippen LogP contribution in [0.25, 0.3) is 0 Å². The Morgan fingerprint density at radius 2 is 2.15 bits per heavy atom. The summed E-state index contributed by atoms with van der Waals surface area (Å²) in [6.07, 6.45) is 5.22. The van der Waals surface area contributed by atoms with Gasteiger partial charge in [-0.25, -0.2) is 13.4 Å². The Bertz CT molecular complexity index is 923. The van der Waals surface area contributed by atoms with Crippen LogP contribution in [0.4, 0.5) is 0 Å². The van der Waals surface area contributed by atoms with Crippen LogP contribution in [0.5, 0.6) is 0 Å². The number of aromatic nitrogens is 3. The second-order valence-corrected chi connectivity index (χ2v) is 9.15. The van der Waals surface area contributed by atoms with Gasteiger partial charge in [0.25, 0.3) is 15.9 Å². The van der Waals surface area contributed by atoms with Crippen LogP contribution in [0, 0.1) is 5.92 Å². The topological polar surface area (TPSA) is 97.2 Å². The van der Waals surface area contributed by atoms with Crippen molar-refractivity contribution < 1.29 is 13.2 Å². The van der Waals surface area contributed by atoms with E-state index < -0.39 is 10.0 Å². The van der Waals surface area contributed by atoms with E-state index in [1.165, 1.54) is 16.8 Å².